The Morgan fingerprint density at radius 2 is 1.97 bits per heavy atom. The number of carbonyl (C=O) groups excluding carboxylic acids is 2. The van der Waals surface area contributed by atoms with E-state index in [1.165, 1.54) is 11.8 Å². The highest BCUT2D eigenvalue weighted by Crippen LogP contribution is 2.38. The second kappa shape index (κ2) is 9.33. The molecule has 1 N–H and O–H groups in total. The van der Waals surface area contributed by atoms with Crippen LogP contribution < -0.4 is 10.1 Å². The first-order valence-corrected chi connectivity index (χ1v) is 11.9. The highest BCUT2D eigenvalue weighted by atomic mass is 16.5. The third-order valence-electron chi connectivity index (χ3n) is 6.30. The molecule has 1 unspecified atom stereocenters. The molecule has 1 aliphatic heterocycles. The van der Waals surface area contributed by atoms with Gasteiger partial charge >= 0.3 is 0 Å². The maximum absolute atomic E-state index is 13.1. The summed E-state index contributed by atoms with van der Waals surface area (Å²) in [7, 11) is 0. The standard InChI is InChI=1S/C27H29N3O4/c1-17(2)27(32)30-13-12-18-8-11-21(14-22(18)25(30)19-6-4-3-5-7-19)33-16-24-29-23(15-34-24)26(31)28-20-9-10-20/h3-8,11,14-15,17,20,25H,9-10,12-13,16H2,1-2H3,(H,28,31). The summed E-state index contributed by atoms with van der Waals surface area (Å²) in [5, 5.41) is 2.90. The summed E-state index contributed by atoms with van der Waals surface area (Å²) in [6.45, 7) is 4.68. The van der Waals surface area contributed by atoms with E-state index < -0.39 is 0 Å². The van der Waals surface area contributed by atoms with Gasteiger partial charge in [-0.3, -0.25) is 9.59 Å². The van der Waals surface area contributed by atoms with Crippen molar-refractivity contribution in [3.05, 3.63) is 83.1 Å². The smallest absolute Gasteiger partial charge is 0.273 e. The second-order valence-electron chi connectivity index (χ2n) is 9.27. The van der Waals surface area contributed by atoms with Gasteiger partial charge in [-0.2, -0.15) is 0 Å². The zero-order valence-electron chi connectivity index (χ0n) is 19.5. The molecule has 1 fully saturated rings. The van der Waals surface area contributed by atoms with Gasteiger partial charge in [0.25, 0.3) is 5.91 Å². The summed E-state index contributed by atoms with van der Waals surface area (Å²) in [5.74, 6) is 0.855. The summed E-state index contributed by atoms with van der Waals surface area (Å²) < 4.78 is 11.4. The lowest BCUT2D eigenvalue weighted by Gasteiger charge is -2.39. The number of hydrogen-bond donors (Lipinski definition) is 1. The monoisotopic (exact) mass is 459 g/mol. The topological polar surface area (TPSA) is 84.7 Å². The van der Waals surface area contributed by atoms with Crippen molar-refractivity contribution in [3.8, 4) is 5.75 Å². The Hall–Kier alpha value is -3.61. The van der Waals surface area contributed by atoms with Gasteiger partial charge in [0.1, 0.15) is 12.0 Å². The molecule has 0 saturated heterocycles. The molecule has 7 nitrogen and oxygen atoms in total. The molecule has 1 atom stereocenters. The van der Waals surface area contributed by atoms with Crippen molar-refractivity contribution in [1.29, 1.82) is 0 Å². The minimum atomic E-state index is -0.216. The van der Waals surface area contributed by atoms with E-state index in [1.807, 2.05) is 49.1 Å². The maximum Gasteiger partial charge on any atom is 0.273 e. The van der Waals surface area contributed by atoms with Crippen molar-refractivity contribution in [3.63, 3.8) is 0 Å². The summed E-state index contributed by atoms with van der Waals surface area (Å²) in [5.41, 5.74) is 3.63. The highest BCUT2D eigenvalue weighted by Gasteiger charge is 2.33. The molecule has 2 amide bonds. The minimum Gasteiger partial charge on any atom is -0.484 e. The van der Waals surface area contributed by atoms with Gasteiger partial charge in [0.2, 0.25) is 11.8 Å². The van der Waals surface area contributed by atoms with Crippen LogP contribution in [0.4, 0.5) is 0 Å². The van der Waals surface area contributed by atoms with Crippen molar-refractivity contribution >= 4 is 11.8 Å². The van der Waals surface area contributed by atoms with Gasteiger partial charge in [-0.15, -0.1) is 0 Å². The van der Waals surface area contributed by atoms with Crippen LogP contribution in [0.2, 0.25) is 0 Å². The number of fused-ring (bicyclic) bond motifs is 1. The lowest BCUT2D eigenvalue weighted by molar-refractivity contribution is -0.136. The predicted molar refractivity (Wildman–Crippen MR) is 126 cm³/mol. The molecule has 0 bridgehead atoms. The van der Waals surface area contributed by atoms with E-state index in [-0.39, 0.29) is 42.1 Å². The first-order valence-electron chi connectivity index (χ1n) is 11.9. The van der Waals surface area contributed by atoms with Gasteiger partial charge in [-0.25, -0.2) is 4.98 Å². The Kier molecular flexibility index (Phi) is 6.09. The van der Waals surface area contributed by atoms with E-state index in [0.29, 0.717) is 18.2 Å². The first-order chi connectivity index (χ1) is 16.5. The fraction of sp³-hybridized carbons (Fsp3) is 0.370. The highest BCUT2D eigenvalue weighted by molar-refractivity contribution is 5.92. The molecule has 1 saturated carbocycles. The number of hydrogen-bond acceptors (Lipinski definition) is 5. The average molecular weight is 460 g/mol. The number of rotatable bonds is 7. The molecule has 0 spiro atoms. The minimum absolute atomic E-state index is 0.0801. The summed E-state index contributed by atoms with van der Waals surface area (Å²) >= 11 is 0. The van der Waals surface area contributed by atoms with Gasteiger partial charge in [-0.1, -0.05) is 50.2 Å². The van der Waals surface area contributed by atoms with Crippen molar-refractivity contribution < 1.29 is 18.7 Å². The van der Waals surface area contributed by atoms with Crippen LogP contribution in [-0.2, 0) is 17.8 Å². The second-order valence-corrected chi connectivity index (χ2v) is 9.27. The normalized spacial score (nSPS) is 17.4. The zero-order valence-corrected chi connectivity index (χ0v) is 19.5. The number of nitrogens with zero attached hydrogens (tertiary/aromatic N) is 2. The predicted octanol–water partition coefficient (Wildman–Crippen LogP) is 4.28. The van der Waals surface area contributed by atoms with Gasteiger partial charge in [0.05, 0.1) is 6.04 Å². The Morgan fingerprint density at radius 3 is 2.71 bits per heavy atom. The number of benzene rings is 2. The van der Waals surface area contributed by atoms with E-state index >= 15 is 0 Å². The van der Waals surface area contributed by atoms with Crippen LogP contribution in [-0.4, -0.2) is 34.3 Å². The SMILES string of the molecule is CC(C)C(=O)N1CCc2ccc(OCc3nc(C(=O)NC4CC4)co3)cc2C1c1ccccc1. The van der Waals surface area contributed by atoms with Crippen LogP contribution >= 0.6 is 0 Å². The van der Waals surface area contributed by atoms with E-state index in [1.54, 1.807) is 0 Å². The number of oxazole rings is 1. The lowest BCUT2D eigenvalue weighted by Crippen LogP contribution is -2.42. The molecular weight excluding hydrogens is 430 g/mol. The van der Waals surface area contributed by atoms with Gasteiger partial charge in [0, 0.05) is 18.5 Å². The molecule has 34 heavy (non-hydrogen) atoms. The number of nitrogens with one attached hydrogen (secondary N) is 1. The van der Waals surface area contributed by atoms with E-state index in [0.717, 1.165) is 30.4 Å². The molecule has 1 aromatic heterocycles. The van der Waals surface area contributed by atoms with Gasteiger partial charge in [-0.05, 0) is 48.1 Å². The number of ether oxygens (including phenoxy) is 1. The molecule has 176 valence electrons. The van der Waals surface area contributed by atoms with Crippen LogP contribution in [0, 0.1) is 5.92 Å². The van der Waals surface area contributed by atoms with Gasteiger partial charge in [0.15, 0.2) is 12.3 Å². The molecular formula is C27H29N3O4. The number of carbonyl (C=O) groups is 2. The third kappa shape index (κ3) is 4.69. The van der Waals surface area contributed by atoms with E-state index in [2.05, 4.69) is 28.5 Å². The van der Waals surface area contributed by atoms with Crippen molar-refractivity contribution in [1.82, 2.24) is 15.2 Å². The maximum atomic E-state index is 13.1. The lowest BCUT2D eigenvalue weighted by atomic mass is 9.87. The molecule has 3 aromatic rings. The Bertz CT molecular complexity index is 1180. The molecule has 7 heteroatoms. The quantitative estimate of drug-likeness (QED) is 0.570. The summed E-state index contributed by atoms with van der Waals surface area (Å²) in [6, 6.07) is 16.2. The zero-order chi connectivity index (χ0) is 23.7. The molecule has 1 aliphatic carbocycles. The Balaban J connectivity index is 1.36. The Labute approximate surface area is 199 Å². The first kappa shape index (κ1) is 22.2. The Morgan fingerprint density at radius 1 is 1.18 bits per heavy atom. The largest absolute Gasteiger partial charge is 0.484 e. The van der Waals surface area contributed by atoms with Crippen LogP contribution in [0.3, 0.4) is 0 Å². The molecule has 2 aromatic carbocycles. The van der Waals surface area contributed by atoms with Crippen LogP contribution in [0.25, 0.3) is 0 Å². The van der Waals surface area contributed by atoms with Crippen molar-refractivity contribution in [2.75, 3.05) is 6.54 Å². The van der Waals surface area contributed by atoms with Crippen LogP contribution in [0.1, 0.15) is 65.8 Å². The van der Waals surface area contributed by atoms with Crippen molar-refractivity contribution in [2.45, 2.75) is 51.8 Å². The average Bonchev–Trinajstić information content (AvgIpc) is 3.54. The van der Waals surface area contributed by atoms with E-state index in [9.17, 15) is 9.59 Å². The molecule has 0 radical (unpaired) electrons. The molecule has 5 rings (SSSR count). The third-order valence-corrected chi connectivity index (χ3v) is 6.30. The van der Waals surface area contributed by atoms with Crippen LogP contribution in [0.15, 0.2) is 59.2 Å². The molecule has 2 heterocycles. The van der Waals surface area contributed by atoms with Crippen molar-refractivity contribution in [2.24, 2.45) is 5.92 Å². The summed E-state index contributed by atoms with van der Waals surface area (Å²) in [4.78, 5) is 31.4. The fourth-order valence-electron chi connectivity index (χ4n) is 4.36. The molecule has 2 aliphatic rings. The van der Waals surface area contributed by atoms with E-state index in [4.69, 9.17) is 9.15 Å². The summed E-state index contributed by atoms with van der Waals surface area (Å²) in [6.07, 6.45) is 4.20. The van der Waals surface area contributed by atoms with Crippen LogP contribution in [0.5, 0.6) is 5.75 Å². The van der Waals surface area contributed by atoms with Gasteiger partial charge < -0.3 is 19.4 Å². The number of amides is 2. The fourth-order valence-corrected chi connectivity index (χ4v) is 4.36. The number of aromatic nitrogens is 1.